The summed E-state index contributed by atoms with van der Waals surface area (Å²) < 4.78 is 18.1. The molecule has 2 aliphatic carbocycles. The Hall–Kier alpha value is -2.87. The molecule has 7 atom stereocenters. The van der Waals surface area contributed by atoms with E-state index >= 15 is 0 Å². The van der Waals surface area contributed by atoms with E-state index in [-0.39, 0.29) is 23.8 Å². The summed E-state index contributed by atoms with van der Waals surface area (Å²) in [4.78, 5) is 37.8. The van der Waals surface area contributed by atoms with Crippen molar-refractivity contribution in [2.24, 2.45) is 23.2 Å². The van der Waals surface area contributed by atoms with Gasteiger partial charge in [0.1, 0.15) is 18.0 Å². The maximum atomic E-state index is 13.4. The van der Waals surface area contributed by atoms with E-state index in [1.807, 2.05) is 6.92 Å². The van der Waals surface area contributed by atoms with E-state index in [2.05, 4.69) is 13.8 Å². The van der Waals surface area contributed by atoms with Crippen LogP contribution in [0.5, 0.6) is 0 Å². The fraction of sp³-hybridized carbons (Fsp3) is 0.633. The van der Waals surface area contributed by atoms with Crippen LogP contribution in [0.1, 0.15) is 90.7 Å². The predicted octanol–water partition coefficient (Wildman–Crippen LogP) is 5.47. The molecule has 0 spiro atoms. The number of rotatable bonds is 8. The Morgan fingerprint density at radius 3 is 2.47 bits per heavy atom. The van der Waals surface area contributed by atoms with E-state index in [1.54, 1.807) is 40.0 Å². The number of carboxylic acid groups (broad SMARTS) is 1. The minimum atomic E-state index is -1.89. The molecule has 0 bridgehead atoms. The van der Waals surface area contributed by atoms with Crippen LogP contribution in [0.25, 0.3) is 0 Å². The highest BCUT2D eigenvalue weighted by Crippen LogP contribution is 2.60. The molecule has 38 heavy (non-hydrogen) atoms. The van der Waals surface area contributed by atoms with Gasteiger partial charge in [-0.2, -0.15) is 0 Å². The van der Waals surface area contributed by atoms with E-state index in [9.17, 15) is 24.6 Å². The number of carbonyl (C=O) groups is 3. The van der Waals surface area contributed by atoms with Gasteiger partial charge in [-0.15, -0.1) is 0 Å². The molecule has 8 heteroatoms. The number of aryl methyl sites for hydroxylation is 1. The minimum Gasteiger partial charge on any atom is -0.478 e. The summed E-state index contributed by atoms with van der Waals surface area (Å²) in [6.07, 6.45) is 5.61. The molecule has 0 amide bonds. The molecule has 2 aliphatic rings. The second kappa shape index (κ2) is 11.1. The first kappa shape index (κ1) is 29.7. The summed E-state index contributed by atoms with van der Waals surface area (Å²) in [5, 5.41) is 20.5. The van der Waals surface area contributed by atoms with Crippen LogP contribution >= 0.6 is 0 Å². The highest BCUT2D eigenvalue weighted by Gasteiger charge is 2.59. The Kier molecular flexibility index (Phi) is 8.66. The Balaban J connectivity index is 1.93. The van der Waals surface area contributed by atoms with Crippen LogP contribution in [0.3, 0.4) is 0 Å². The van der Waals surface area contributed by atoms with Crippen molar-refractivity contribution in [2.75, 3.05) is 0 Å². The van der Waals surface area contributed by atoms with Gasteiger partial charge < -0.3 is 24.1 Å². The number of ether oxygens (including phenoxy) is 2. The Morgan fingerprint density at radius 1 is 1.24 bits per heavy atom. The normalized spacial score (nSPS) is 29.9. The summed E-state index contributed by atoms with van der Waals surface area (Å²) in [6, 6.07) is 0. The molecule has 8 nitrogen and oxygen atoms in total. The van der Waals surface area contributed by atoms with Gasteiger partial charge in [-0.3, -0.25) is 0 Å². The summed E-state index contributed by atoms with van der Waals surface area (Å²) in [7, 11) is 0. The number of fused-ring (bicyclic) bond motifs is 2. The highest BCUT2D eigenvalue weighted by atomic mass is 16.6. The minimum absolute atomic E-state index is 0.0220. The maximum Gasteiger partial charge on any atom is 0.338 e. The lowest BCUT2D eigenvalue weighted by molar-refractivity contribution is -0.199. The number of hydrogen-bond donors (Lipinski definition) is 2. The molecular formula is C30H42O8. The SMILES string of the molecule is C/C=C(/C)C(=O)O[C@@H]1c2c(C)coc2C[C@H]2[C@H](OC(=O)[C@](C)(O)[C@H](C)C/C(=C/C)C(=O)O)CC[C@H](C)[C@@]12C. The second-order valence-corrected chi connectivity index (χ2v) is 11.5. The summed E-state index contributed by atoms with van der Waals surface area (Å²) in [5.74, 6) is -2.29. The van der Waals surface area contributed by atoms with Crippen LogP contribution in [-0.4, -0.2) is 39.8 Å². The zero-order valence-corrected chi connectivity index (χ0v) is 23.8. The molecule has 0 saturated heterocycles. The van der Waals surface area contributed by atoms with Crippen LogP contribution in [0, 0.1) is 30.1 Å². The number of allylic oxidation sites excluding steroid dienone is 2. The Labute approximate surface area is 225 Å². The van der Waals surface area contributed by atoms with Crippen LogP contribution in [0.4, 0.5) is 0 Å². The second-order valence-electron chi connectivity index (χ2n) is 11.5. The first-order chi connectivity index (χ1) is 17.7. The lowest BCUT2D eigenvalue weighted by Gasteiger charge is -2.55. The van der Waals surface area contributed by atoms with Crippen molar-refractivity contribution in [3.8, 4) is 0 Å². The molecule has 1 fully saturated rings. The van der Waals surface area contributed by atoms with E-state index in [0.717, 1.165) is 23.3 Å². The third-order valence-electron chi connectivity index (χ3n) is 9.29. The zero-order chi connectivity index (χ0) is 28.6. The molecule has 0 unspecified atom stereocenters. The molecule has 1 saturated carbocycles. The molecule has 0 radical (unpaired) electrons. The van der Waals surface area contributed by atoms with Crippen LogP contribution in [-0.2, 0) is 30.3 Å². The van der Waals surface area contributed by atoms with Crippen molar-refractivity contribution in [1.29, 1.82) is 0 Å². The van der Waals surface area contributed by atoms with Crippen molar-refractivity contribution in [3.05, 3.63) is 46.4 Å². The van der Waals surface area contributed by atoms with Crippen LogP contribution in [0.15, 0.2) is 34.0 Å². The Bertz CT molecular complexity index is 1140. The van der Waals surface area contributed by atoms with Crippen molar-refractivity contribution in [3.63, 3.8) is 0 Å². The predicted molar refractivity (Wildman–Crippen MR) is 141 cm³/mol. The van der Waals surface area contributed by atoms with Gasteiger partial charge in [0.05, 0.1) is 6.26 Å². The van der Waals surface area contributed by atoms with Crippen LogP contribution < -0.4 is 0 Å². The lowest BCUT2D eigenvalue weighted by atomic mass is 9.53. The number of aliphatic hydroxyl groups is 1. The molecule has 1 aromatic heterocycles. The van der Waals surface area contributed by atoms with Gasteiger partial charge in [-0.1, -0.05) is 32.9 Å². The largest absolute Gasteiger partial charge is 0.478 e. The van der Waals surface area contributed by atoms with Crippen molar-refractivity contribution in [1.82, 2.24) is 0 Å². The smallest absolute Gasteiger partial charge is 0.338 e. The number of hydrogen-bond acceptors (Lipinski definition) is 7. The fourth-order valence-corrected chi connectivity index (χ4v) is 5.98. The number of furan rings is 1. The van der Waals surface area contributed by atoms with E-state index in [0.29, 0.717) is 18.4 Å². The average Bonchev–Trinajstić information content (AvgIpc) is 3.24. The van der Waals surface area contributed by atoms with Gasteiger partial charge in [0.2, 0.25) is 0 Å². The fourth-order valence-electron chi connectivity index (χ4n) is 5.98. The molecule has 2 N–H and O–H groups in total. The van der Waals surface area contributed by atoms with Gasteiger partial charge in [0.15, 0.2) is 5.60 Å². The van der Waals surface area contributed by atoms with Gasteiger partial charge in [-0.25, -0.2) is 14.4 Å². The average molecular weight is 531 g/mol. The van der Waals surface area contributed by atoms with Gasteiger partial charge >= 0.3 is 17.9 Å². The first-order valence-electron chi connectivity index (χ1n) is 13.4. The number of carbonyl (C=O) groups excluding carboxylic acids is 2. The van der Waals surface area contributed by atoms with Crippen molar-refractivity contribution in [2.45, 2.75) is 98.9 Å². The van der Waals surface area contributed by atoms with E-state index in [1.165, 1.54) is 13.0 Å². The first-order valence-corrected chi connectivity index (χ1v) is 13.4. The molecule has 0 aliphatic heterocycles. The lowest BCUT2D eigenvalue weighted by Crippen LogP contribution is -2.55. The standard InChI is InChI=1S/C30H42O8/c1-9-16(3)27(33)38-25-24-17(4)15-36-23(24)14-21-22(12-11-18(5)29(21,25)7)37-28(34)30(8,35)19(6)13-20(10-2)26(31)32/h9-10,15,18-19,21-22,25,35H,11-14H2,1-8H3,(H,31,32)/b16-9-,20-10-/t18-,19+,21-,22+,25+,29+,30+/m0/s1. The zero-order valence-electron chi connectivity index (χ0n) is 23.8. The van der Waals surface area contributed by atoms with Crippen LogP contribution in [0.2, 0.25) is 0 Å². The number of esters is 2. The Morgan fingerprint density at radius 2 is 1.89 bits per heavy atom. The monoisotopic (exact) mass is 530 g/mol. The maximum absolute atomic E-state index is 13.4. The third kappa shape index (κ3) is 5.20. The molecular weight excluding hydrogens is 488 g/mol. The number of carboxylic acids is 1. The van der Waals surface area contributed by atoms with Gasteiger partial charge in [0.25, 0.3) is 0 Å². The topological polar surface area (TPSA) is 123 Å². The molecule has 0 aromatic carbocycles. The summed E-state index contributed by atoms with van der Waals surface area (Å²) in [6.45, 7) is 14.3. The molecule has 1 heterocycles. The molecule has 1 aromatic rings. The van der Waals surface area contributed by atoms with E-state index < -0.39 is 47.0 Å². The van der Waals surface area contributed by atoms with Crippen molar-refractivity contribution < 1.29 is 38.5 Å². The highest BCUT2D eigenvalue weighted by molar-refractivity contribution is 5.88. The summed E-state index contributed by atoms with van der Waals surface area (Å²) >= 11 is 0. The van der Waals surface area contributed by atoms with Crippen molar-refractivity contribution >= 4 is 17.9 Å². The third-order valence-corrected chi connectivity index (χ3v) is 9.29. The van der Waals surface area contributed by atoms with Gasteiger partial charge in [0, 0.05) is 34.5 Å². The summed E-state index contributed by atoms with van der Waals surface area (Å²) in [5.41, 5.74) is -0.00701. The van der Waals surface area contributed by atoms with Gasteiger partial charge in [-0.05, 0) is 71.3 Å². The number of aliphatic carboxylic acids is 1. The quantitative estimate of drug-likeness (QED) is 0.335. The van der Waals surface area contributed by atoms with E-state index in [4.69, 9.17) is 13.9 Å². The molecule has 210 valence electrons. The molecule has 3 rings (SSSR count).